The summed E-state index contributed by atoms with van der Waals surface area (Å²) in [5.41, 5.74) is 4.69. The Morgan fingerprint density at radius 2 is 1.80 bits per heavy atom. The highest BCUT2D eigenvalue weighted by Gasteiger charge is 2.30. The van der Waals surface area contributed by atoms with E-state index < -0.39 is 0 Å². The van der Waals surface area contributed by atoms with Gasteiger partial charge in [0.15, 0.2) is 5.13 Å². The van der Waals surface area contributed by atoms with E-state index in [9.17, 15) is 14.4 Å². The van der Waals surface area contributed by atoms with E-state index in [-0.39, 0.29) is 17.8 Å². The molecule has 1 unspecified atom stereocenters. The van der Waals surface area contributed by atoms with Crippen LogP contribution in [-0.4, -0.2) is 81.0 Å². The number of thiazole rings is 1. The molecule has 1 aromatic carbocycles. The van der Waals surface area contributed by atoms with E-state index in [1.54, 1.807) is 12.1 Å². The number of benzene rings is 1. The number of pyridine rings is 1. The van der Waals surface area contributed by atoms with Crippen LogP contribution in [0.3, 0.4) is 0 Å². The van der Waals surface area contributed by atoms with Crippen LogP contribution in [0.5, 0.6) is 0 Å². The first kappa shape index (κ1) is 29.8. The maximum Gasteiger partial charge on any atom is 0.239 e. The maximum atomic E-state index is 13.6. The molecule has 0 saturated carbocycles. The van der Waals surface area contributed by atoms with Gasteiger partial charge in [-0.05, 0) is 62.2 Å². The number of hydrogen-bond donors (Lipinski definition) is 1. The molecule has 0 bridgehead atoms. The number of nitrogens with one attached hydrogen (secondary N) is 1. The average molecular weight is 637 g/mol. The molecule has 5 aromatic rings. The van der Waals surface area contributed by atoms with Gasteiger partial charge in [0, 0.05) is 68.5 Å². The highest BCUT2D eigenvalue weighted by Crippen LogP contribution is 2.37. The van der Waals surface area contributed by atoms with Crippen molar-refractivity contribution in [3.8, 4) is 28.5 Å². The van der Waals surface area contributed by atoms with E-state index in [1.165, 1.54) is 23.5 Å². The fourth-order valence-corrected chi connectivity index (χ4v) is 6.99. The lowest BCUT2D eigenvalue weighted by atomic mass is 10.1. The summed E-state index contributed by atoms with van der Waals surface area (Å²) in [5, 5.41) is 13.8. The van der Waals surface area contributed by atoms with Crippen molar-refractivity contribution in [2.24, 2.45) is 0 Å². The largest absolute Gasteiger partial charge is 0.338 e. The summed E-state index contributed by atoms with van der Waals surface area (Å²) in [7, 11) is 1.92. The third-order valence-electron chi connectivity index (χ3n) is 8.64. The van der Waals surface area contributed by atoms with Crippen LogP contribution in [0.1, 0.15) is 30.3 Å². The molecule has 13 heteroatoms. The molecule has 2 saturated heterocycles. The second-order valence-electron chi connectivity index (χ2n) is 11.5. The Kier molecular flexibility index (Phi) is 8.06. The number of nitriles is 1. The number of nitrogens with zero attached hydrogens (tertiary/aromatic N) is 9. The van der Waals surface area contributed by atoms with Crippen molar-refractivity contribution >= 4 is 39.8 Å². The number of halogens is 1. The Hall–Kier alpha value is -4.93. The molecule has 46 heavy (non-hydrogen) atoms. The molecule has 11 nitrogen and oxygen atoms in total. The van der Waals surface area contributed by atoms with Gasteiger partial charge in [0.2, 0.25) is 11.9 Å². The lowest BCUT2D eigenvalue weighted by molar-refractivity contribution is -0.133. The molecule has 6 heterocycles. The second kappa shape index (κ2) is 12.5. The van der Waals surface area contributed by atoms with Crippen LogP contribution in [-0.2, 0) is 11.2 Å². The topological polar surface area (TPSA) is 119 Å². The minimum atomic E-state index is -0.341. The number of fused-ring (bicyclic) bond motifs is 1. The van der Waals surface area contributed by atoms with Gasteiger partial charge in [-0.25, -0.2) is 24.3 Å². The molecule has 7 rings (SSSR count). The van der Waals surface area contributed by atoms with Gasteiger partial charge in [0.05, 0.1) is 11.7 Å². The third-order valence-corrected chi connectivity index (χ3v) is 9.68. The molecular formula is C33H33FN10OS. The van der Waals surface area contributed by atoms with Gasteiger partial charge in [0.25, 0.3) is 0 Å². The molecule has 2 aliphatic heterocycles. The highest BCUT2D eigenvalue weighted by molar-refractivity contribution is 7.16. The standard InChI is InChI=1S/C33H33FN10OS/c1-3-25-30(41(2)33-40-29(27(17-35)46-33)21-6-9-24(34)10-7-21)44-20-22(8-11-28(44)39-25)23-18-37-32(38-19-23)43-15-13-42(14-16-43)31(45)26-5-4-12-36-26/h6-11,18-20,26,36H,3-5,12-16H2,1-2H3. The summed E-state index contributed by atoms with van der Waals surface area (Å²) < 4.78 is 15.6. The predicted octanol–water partition coefficient (Wildman–Crippen LogP) is 4.66. The summed E-state index contributed by atoms with van der Waals surface area (Å²) in [6, 6.07) is 12.2. The third kappa shape index (κ3) is 5.54. The predicted molar refractivity (Wildman–Crippen MR) is 176 cm³/mol. The first-order valence-corrected chi connectivity index (χ1v) is 16.3. The van der Waals surface area contributed by atoms with E-state index in [4.69, 9.17) is 19.9 Å². The molecule has 0 aliphatic carbocycles. The molecule has 4 aromatic heterocycles. The van der Waals surface area contributed by atoms with Crippen molar-refractivity contribution in [2.45, 2.75) is 32.2 Å². The molecule has 2 fully saturated rings. The van der Waals surface area contributed by atoms with Crippen LogP contribution < -0.4 is 15.1 Å². The van der Waals surface area contributed by atoms with Crippen LogP contribution in [0.25, 0.3) is 28.0 Å². The maximum absolute atomic E-state index is 13.6. The van der Waals surface area contributed by atoms with E-state index in [2.05, 4.69) is 23.2 Å². The molecule has 1 amide bonds. The van der Waals surface area contributed by atoms with Crippen LogP contribution in [0.15, 0.2) is 55.0 Å². The van der Waals surface area contributed by atoms with Crippen molar-refractivity contribution in [1.82, 2.24) is 34.6 Å². The first-order chi connectivity index (χ1) is 22.4. The number of aromatic nitrogens is 5. The Balaban J connectivity index is 1.12. The Labute approximate surface area is 270 Å². The molecule has 2 aliphatic rings. The molecule has 0 spiro atoms. The monoisotopic (exact) mass is 636 g/mol. The van der Waals surface area contributed by atoms with Crippen molar-refractivity contribution in [2.75, 3.05) is 49.6 Å². The van der Waals surface area contributed by atoms with Crippen LogP contribution in [0.2, 0.25) is 0 Å². The van der Waals surface area contributed by atoms with Gasteiger partial charge >= 0.3 is 0 Å². The van der Waals surface area contributed by atoms with Gasteiger partial charge in [0.1, 0.15) is 33.9 Å². The van der Waals surface area contributed by atoms with Crippen molar-refractivity contribution in [3.05, 3.63) is 71.4 Å². The molecular weight excluding hydrogens is 603 g/mol. The fourth-order valence-electron chi connectivity index (χ4n) is 6.14. The fraction of sp³-hybridized carbons (Fsp3) is 0.333. The van der Waals surface area contributed by atoms with E-state index >= 15 is 0 Å². The average Bonchev–Trinajstić information content (AvgIpc) is 3.87. The minimum absolute atomic E-state index is 0.0425. The number of piperazine rings is 1. The molecule has 0 radical (unpaired) electrons. The number of hydrogen-bond acceptors (Lipinski definition) is 10. The number of amides is 1. The van der Waals surface area contributed by atoms with Gasteiger partial charge in [-0.3, -0.25) is 9.20 Å². The van der Waals surface area contributed by atoms with Gasteiger partial charge < -0.3 is 20.0 Å². The number of anilines is 3. The van der Waals surface area contributed by atoms with E-state index in [0.29, 0.717) is 59.8 Å². The number of aryl methyl sites for hydroxylation is 1. The number of imidazole rings is 1. The summed E-state index contributed by atoms with van der Waals surface area (Å²) in [6.07, 6.45) is 8.35. The quantitative estimate of drug-likeness (QED) is 0.272. The molecule has 1 N–H and O–H groups in total. The van der Waals surface area contributed by atoms with Crippen LogP contribution in [0, 0.1) is 17.1 Å². The Morgan fingerprint density at radius 3 is 2.48 bits per heavy atom. The summed E-state index contributed by atoms with van der Waals surface area (Å²) in [4.78, 5) is 38.3. The Morgan fingerprint density at radius 1 is 1.07 bits per heavy atom. The zero-order valence-electron chi connectivity index (χ0n) is 25.6. The zero-order chi connectivity index (χ0) is 31.8. The van der Waals surface area contributed by atoms with Gasteiger partial charge in [-0.1, -0.05) is 18.3 Å². The number of rotatable bonds is 7. The lowest BCUT2D eigenvalue weighted by Gasteiger charge is -2.35. The minimum Gasteiger partial charge on any atom is -0.338 e. The first-order valence-electron chi connectivity index (χ1n) is 15.4. The Bertz CT molecular complexity index is 1920. The van der Waals surface area contributed by atoms with Crippen molar-refractivity contribution < 1.29 is 9.18 Å². The van der Waals surface area contributed by atoms with Crippen LogP contribution in [0.4, 0.5) is 21.3 Å². The molecule has 234 valence electrons. The van der Waals surface area contributed by atoms with Gasteiger partial charge in [-0.2, -0.15) is 5.26 Å². The summed E-state index contributed by atoms with van der Waals surface area (Å²) in [6.45, 7) is 5.69. The lowest BCUT2D eigenvalue weighted by Crippen LogP contribution is -2.53. The van der Waals surface area contributed by atoms with Gasteiger partial charge in [-0.15, -0.1) is 0 Å². The zero-order valence-corrected chi connectivity index (χ0v) is 26.5. The number of carbonyl (C=O) groups is 1. The van der Waals surface area contributed by atoms with E-state index in [1.807, 2.05) is 52.0 Å². The van der Waals surface area contributed by atoms with Crippen LogP contribution >= 0.6 is 11.3 Å². The smallest absolute Gasteiger partial charge is 0.239 e. The summed E-state index contributed by atoms with van der Waals surface area (Å²) in [5.74, 6) is 1.36. The molecule has 1 atom stereocenters. The second-order valence-corrected chi connectivity index (χ2v) is 12.4. The normalized spacial score (nSPS) is 16.6. The van der Waals surface area contributed by atoms with Crippen molar-refractivity contribution in [3.63, 3.8) is 0 Å². The van der Waals surface area contributed by atoms with E-state index in [0.717, 1.165) is 47.7 Å². The highest BCUT2D eigenvalue weighted by atomic mass is 32.1. The number of carbonyl (C=O) groups excluding carboxylic acids is 1. The summed E-state index contributed by atoms with van der Waals surface area (Å²) >= 11 is 1.29. The SMILES string of the molecule is CCc1nc2ccc(-c3cnc(N4CCN(C(=O)C5CCCN5)CC4)nc3)cn2c1N(C)c1nc(-c2ccc(F)cc2)c(C#N)s1. The van der Waals surface area contributed by atoms with Crippen molar-refractivity contribution in [1.29, 1.82) is 5.26 Å².